The molecule has 0 bridgehead atoms. The first-order valence-corrected chi connectivity index (χ1v) is 6.91. The van der Waals surface area contributed by atoms with Gasteiger partial charge in [-0.1, -0.05) is 6.07 Å². The minimum atomic E-state index is -1.52. The van der Waals surface area contributed by atoms with Gasteiger partial charge in [0.15, 0.2) is 11.3 Å². The van der Waals surface area contributed by atoms with Crippen LogP contribution in [0.15, 0.2) is 32.2 Å². The number of para-hydroxylation sites is 1. The van der Waals surface area contributed by atoms with E-state index >= 15 is 0 Å². The quantitative estimate of drug-likeness (QED) is 0.533. The van der Waals surface area contributed by atoms with Crippen molar-refractivity contribution in [2.24, 2.45) is 0 Å². The van der Waals surface area contributed by atoms with Crippen molar-refractivity contribution in [3.8, 4) is 5.75 Å². The lowest BCUT2D eigenvalue weighted by molar-refractivity contribution is -0.268. The highest BCUT2D eigenvalue weighted by atomic mass is 16.7. The van der Waals surface area contributed by atoms with Crippen molar-refractivity contribution < 1.29 is 29.2 Å². The highest BCUT2D eigenvalue weighted by Crippen LogP contribution is 2.27. The van der Waals surface area contributed by atoms with E-state index in [0.29, 0.717) is 0 Å². The molecule has 5 atom stereocenters. The van der Waals surface area contributed by atoms with Crippen LogP contribution in [0.3, 0.4) is 0 Å². The molecule has 2 heterocycles. The summed E-state index contributed by atoms with van der Waals surface area (Å²) in [5, 5.41) is 29.5. The second-order valence-electron chi connectivity index (χ2n) is 5.28. The third-order valence-electron chi connectivity index (χ3n) is 3.69. The number of aromatic amines is 1. The Morgan fingerprint density at radius 3 is 2.61 bits per heavy atom. The monoisotopic (exact) mass is 325 g/mol. The molecule has 0 unspecified atom stereocenters. The Morgan fingerprint density at radius 2 is 1.87 bits per heavy atom. The maximum Gasteiger partial charge on any atom is 0.419 e. The summed E-state index contributed by atoms with van der Waals surface area (Å²) in [4.78, 5) is 25.0. The Balaban J connectivity index is 1.99. The van der Waals surface area contributed by atoms with Gasteiger partial charge in [-0.05, 0) is 19.1 Å². The second-order valence-corrected chi connectivity index (χ2v) is 5.28. The van der Waals surface area contributed by atoms with E-state index in [1.165, 1.54) is 25.1 Å². The Hall–Kier alpha value is -2.20. The van der Waals surface area contributed by atoms with Gasteiger partial charge in [-0.2, -0.15) is 0 Å². The highest BCUT2D eigenvalue weighted by Gasteiger charge is 2.43. The number of aliphatic hydroxyl groups excluding tert-OH is 3. The van der Waals surface area contributed by atoms with Crippen LogP contribution in [0.5, 0.6) is 5.75 Å². The van der Waals surface area contributed by atoms with Crippen molar-refractivity contribution in [2.75, 3.05) is 0 Å². The van der Waals surface area contributed by atoms with Crippen LogP contribution >= 0.6 is 0 Å². The molecule has 1 aromatic carbocycles. The lowest BCUT2D eigenvalue weighted by Gasteiger charge is -2.38. The maximum atomic E-state index is 11.7. The summed E-state index contributed by atoms with van der Waals surface area (Å²) in [5.74, 6) is -0.960. The standard InChI is InChI=1S/C14H15NO8/c1-5-8(16)9(17)10(18)13(21-5)22-7-4-2-3-6-11(7)23-14(20)15-12(6)19/h2-5,8-10,13,16-18H,1H3,(H,15,19,20)/t5-,8-,9+,10+,13-/m0/s1. The molecule has 1 fully saturated rings. The second kappa shape index (κ2) is 5.78. The molecule has 0 aliphatic carbocycles. The van der Waals surface area contributed by atoms with E-state index in [9.17, 15) is 24.9 Å². The number of ether oxygens (including phenoxy) is 2. The SMILES string of the molecule is C[C@@H]1O[C@@H](Oc2cccc3c(=O)[nH]c(=O)oc23)[C@H](O)[C@H](O)[C@H]1O. The molecule has 9 nitrogen and oxygen atoms in total. The van der Waals surface area contributed by atoms with Crippen molar-refractivity contribution in [1.29, 1.82) is 0 Å². The summed E-state index contributed by atoms with van der Waals surface area (Å²) in [6.45, 7) is 1.50. The highest BCUT2D eigenvalue weighted by molar-refractivity contribution is 5.81. The van der Waals surface area contributed by atoms with Crippen molar-refractivity contribution in [2.45, 2.75) is 37.6 Å². The molecular formula is C14H15NO8. The molecule has 1 aromatic heterocycles. The first kappa shape index (κ1) is 15.7. The van der Waals surface area contributed by atoms with Gasteiger partial charge in [0, 0.05) is 0 Å². The minimum Gasteiger partial charge on any atom is -0.458 e. The smallest absolute Gasteiger partial charge is 0.419 e. The molecule has 0 spiro atoms. The number of fused-ring (bicyclic) bond motifs is 1. The third-order valence-corrected chi connectivity index (χ3v) is 3.69. The van der Waals surface area contributed by atoms with E-state index in [-0.39, 0.29) is 16.7 Å². The summed E-state index contributed by atoms with van der Waals surface area (Å²) >= 11 is 0. The van der Waals surface area contributed by atoms with Gasteiger partial charge in [0.1, 0.15) is 18.3 Å². The van der Waals surface area contributed by atoms with E-state index in [4.69, 9.17) is 13.9 Å². The van der Waals surface area contributed by atoms with Crippen molar-refractivity contribution in [3.05, 3.63) is 39.1 Å². The zero-order valence-corrected chi connectivity index (χ0v) is 12.0. The van der Waals surface area contributed by atoms with Crippen LogP contribution in [0.4, 0.5) is 0 Å². The zero-order valence-electron chi connectivity index (χ0n) is 12.0. The number of hydrogen-bond acceptors (Lipinski definition) is 8. The molecule has 1 saturated heterocycles. The molecule has 4 N–H and O–H groups in total. The molecule has 9 heteroatoms. The molecule has 3 rings (SSSR count). The fourth-order valence-corrected chi connectivity index (χ4v) is 2.41. The van der Waals surface area contributed by atoms with Crippen molar-refractivity contribution in [1.82, 2.24) is 4.98 Å². The van der Waals surface area contributed by atoms with E-state index < -0.39 is 42.0 Å². The normalized spacial score (nSPS) is 31.2. The Bertz CT molecular complexity index is 827. The van der Waals surface area contributed by atoms with Crippen LogP contribution in [0.2, 0.25) is 0 Å². The summed E-state index contributed by atoms with van der Waals surface area (Å²) in [6, 6.07) is 4.35. The molecule has 124 valence electrons. The first-order valence-electron chi connectivity index (χ1n) is 6.91. The summed E-state index contributed by atoms with van der Waals surface area (Å²) in [6.07, 6.45) is -6.35. The van der Waals surface area contributed by atoms with Gasteiger partial charge in [-0.25, -0.2) is 4.79 Å². The summed E-state index contributed by atoms with van der Waals surface area (Å²) < 4.78 is 15.7. The number of rotatable bonds is 2. The van der Waals surface area contributed by atoms with Gasteiger partial charge in [-0.15, -0.1) is 0 Å². The van der Waals surface area contributed by atoms with Gasteiger partial charge in [-0.3, -0.25) is 9.78 Å². The Labute approximate surface area is 128 Å². The van der Waals surface area contributed by atoms with E-state index in [0.717, 1.165) is 0 Å². The zero-order chi connectivity index (χ0) is 16.7. The molecule has 1 aliphatic heterocycles. The van der Waals surface area contributed by atoms with E-state index in [1.54, 1.807) is 0 Å². The van der Waals surface area contributed by atoms with Gasteiger partial charge in [0.05, 0.1) is 11.5 Å². The van der Waals surface area contributed by atoms with Gasteiger partial charge < -0.3 is 29.2 Å². The average Bonchev–Trinajstić information content (AvgIpc) is 2.51. The van der Waals surface area contributed by atoms with Crippen LogP contribution in [0.1, 0.15) is 6.92 Å². The van der Waals surface area contributed by atoms with Crippen LogP contribution < -0.4 is 16.1 Å². The number of nitrogens with one attached hydrogen (secondary N) is 1. The number of aliphatic hydroxyl groups is 3. The summed E-state index contributed by atoms with van der Waals surface area (Å²) in [7, 11) is 0. The number of hydrogen-bond donors (Lipinski definition) is 4. The predicted molar refractivity (Wildman–Crippen MR) is 76.1 cm³/mol. The fraction of sp³-hybridized carbons (Fsp3) is 0.429. The summed E-state index contributed by atoms with van der Waals surface area (Å²) in [5.41, 5.74) is -0.749. The van der Waals surface area contributed by atoms with Crippen molar-refractivity contribution in [3.63, 3.8) is 0 Å². The number of benzene rings is 1. The van der Waals surface area contributed by atoms with Crippen LogP contribution in [-0.2, 0) is 4.74 Å². The van der Waals surface area contributed by atoms with Gasteiger partial charge >= 0.3 is 5.76 Å². The van der Waals surface area contributed by atoms with Crippen LogP contribution in [0, 0.1) is 0 Å². The average molecular weight is 325 g/mol. The molecule has 0 amide bonds. The molecule has 2 aromatic rings. The van der Waals surface area contributed by atoms with Gasteiger partial charge in [0.2, 0.25) is 6.29 Å². The van der Waals surface area contributed by atoms with Crippen molar-refractivity contribution >= 4 is 11.0 Å². The molecule has 0 radical (unpaired) electrons. The lowest BCUT2D eigenvalue weighted by atomic mass is 10.00. The largest absolute Gasteiger partial charge is 0.458 e. The lowest BCUT2D eigenvalue weighted by Crippen LogP contribution is -2.58. The number of aromatic nitrogens is 1. The van der Waals surface area contributed by atoms with Crippen LogP contribution in [-0.4, -0.2) is 51.0 Å². The number of H-pyrrole nitrogens is 1. The van der Waals surface area contributed by atoms with Gasteiger partial charge in [0.25, 0.3) is 5.56 Å². The molecular weight excluding hydrogens is 310 g/mol. The predicted octanol–water partition coefficient (Wildman–Crippen LogP) is -1.31. The van der Waals surface area contributed by atoms with Crippen LogP contribution in [0.25, 0.3) is 11.0 Å². The molecule has 23 heavy (non-hydrogen) atoms. The van der Waals surface area contributed by atoms with E-state index in [2.05, 4.69) is 0 Å². The molecule has 0 saturated carbocycles. The Kier molecular flexibility index (Phi) is 3.94. The Morgan fingerprint density at radius 1 is 1.13 bits per heavy atom. The molecule has 1 aliphatic rings. The topological polar surface area (TPSA) is 142 Å². The maximum absolute atomic E-state index is 11.7. The van der Waals surface area contributed by atoms with E-state index in [1.807, 2.05) is 4.98 Å². The fourth-order valence-electron chi connectivity index (χ4n) is 2.41. The third kappa shape index (κ3) is 2.75. The first-order chi connectivity index (χ1) is 10.9. The minimum absolute atomic E-state index is 0.00876.